The second kappa shape index (κ2) is 4.65. The van der Waals surface area contributed by atoms with Crippen molar-refractivity contribution in [3.05, 3.63) is 12.8 Å². The van der Waals surface area contributed by atoms with Crippen molar-refractivity contribution in [1.29, 1.82) is 0 Å². The average Bonchev–Trinajstić information content (AvgIpc) is 1.83. The molecule has 0 aromatic rings. The topological polar surface area (TPSA) is 29.5 Å². The van der Waals surface area contributed by atoms with E-state index in [4.69, 9.17) is 9.84 Å². The minimum Gasteiger partial charge on any atom is -0.496 e. The Balaban J connectivity index is 3.20. The molecule has 8 heavy (non-hydrogen) atoms. The smallest absolute Gasteiger partial charge is 0.120 e. The first-order chi connectivity index (χ1) is 3.85. The molecule has 0 saturated heterocycles. The molecular weight excluding hydrogens is 104 g/mol. The fraction of sp³-hybridized carbons (Fsp3) is 0.667. The van der Waals surface area contributed by atoms with Gasteiger partial charge in [0.1, 0.15) is 6.10 Å². The maximum absolute atomic E-state index is 8.48. The monoisotopic (exact) mass is 116 g/mol. The van der Waals surface area contributed by atoms with Gasteiger partial charge < -0.3 is 9.84 Å². The number of hydrogen-bond acceptors (Lipinski definition) is 2. The van der Waals surface area contributed by atoms with E-state index in [2.05, 4.69) is 6.58 Å². The zero-order valence-electron chi connectivity index (χ0n) is 5.13. The summed E-state index contributed by atoms with van der Waals surface area (Å²) >= 11 is 0. The molecular formula is C6H12O2. The van der Waals surface area contributed by atoms with E-state index in [1.54, 1.807) is 0 Å². The second-order valence-electron chi connectivity index (χ2n) is 1.52. The van der Waals surface area contributed by atoms with E-state index >= 15 is 0 Å². The van der Waals surface area contributed by atoms with Crippen molar-refractivity contribution in [1.82, 2.24) is 0 Å². The highest BCUT2D eigenvalue weighted by Gasteiger charge is 1.99. The van der Waals surface area contributed by atoms with E-state index in [0.29, 0.717) is 0 Å². The Morgan fingerprint density at radius 3 is 2.62 bits per heavy atom. The van der Waals surface area contributed by atoms with Crippen LogP contribution in [0.2, 0.25) is 0 Å². The molecule has 2 nitrogen and oxygen atoms in total. The molecule has 0 saturated carbocycles. The fourth-order valence-electron chi connectivity index (χ4n) is 0.404. The van der Waals surface area contributed by atoms with Gasteiger partial charge in [0.2, 0.25) is 0 Å². The Labute approximate surface area is 49.8 Å². The van der Waals surface area contributed by atoms with Crippen LogP contribution in [0.15, 0.2) is 12.8 Å². The van der Waals surface area contributed by atoms with Crippen molar-refractivity contribution in [2.24, 2.45) is 0 Å². The maximum atomic E-state index is 8.48. The van der Waals surface area contributed by atoms with E-state index in [1.165, 1.54) is 6.26 Å². The zero-order valence-corrected chi connectivity index (χ0v) is 5.13. The van der Waals surface area contributed by atoms with Crippen LogP contribution in [0.1, 0.15) is 13.3 Å². The van der Waals surface area contributed by atoms with Gasteiger partial charge in [0.15, 0.2) is 0 Å². The standard InChI is InChI=1S/C6H12O2/c1-3-6(5-7)8-4-2/h4,6-7H,2-3,5H2,1H3. The van der Waals surface area contributed by atoms with Crippen LogP contribution in [-0.4, -0.2) is 17.8 Å². The predicted octanol–water partition coefficient (Wildman–Crippen LogP) is 0.917. The lowest BCUT2D eigenvalue weighted by Gasteiger charge is -2.08. The summed E-state index contributed by atoms with van der Waals surface area (Å²) < 4.78 is 4.85. The average molecular weight is 116 g/mol. The summed E-state index contributed by atoms with van der Waals surface area (Å²) in [6.07, 6.45) is 2.11. The molecule has 0 amide bonds. The lowest BCUT2D eigenvalue weighted by Crippen LogP contribution is -2.12. The van der Waals surface area contributed by atoms with Crippen LogP contribution >= 0.6 is 0 Å². The summed E-state index contributed by atoms with van der Waals surface area (Å²) in [6, 6.07) is 0. The zero-order chi connectivity index (χ0) is 6.41. The molecule has 48 valence electrons. The minimum atomic E-state index is -0.0625. The van der Waals surface area contributed by atoms with Crippen LogP contribution in [-0.2, 0) is 4.74 Å². The number of hydrogen-bond donors (Lipinski definition) is 1. The van der Waals surface area contributed by atoms with Gasteiger partial charge in [0, 0.05) is 0 Å². The molecule has 1 unspecified atom stereocenters. The van der Waals surface area contributed by atoms with E-state index in [-0.39, 0.29) is 12.7 Å². The molecule has 0 aromatic heterocycles. The van der Waals surface area contributed by atoms with Crippen molar-refractivity contribution in [3.63, 3.8) is 0 Å². The number of ether oxygens (including phenoxy) is 1. The normalized spacial score (nSPS) is 12.8. The van der Waals surface area contributed by atoms with Gasteiger partial charge in [0.25, 0.3) is 0 Å². The quantitative estimate of drug-likeness (QED) is 0.553. The van der Waals surface area contributed by atoms with Crippen LogP contribution in [0.3, 0.4) is 0 Å². The summed E-state index contributed by atoms with van der Waals surface area (Å²) in [5, 5.41) is 8.48. The molecule has 0 rings (SSSR count). The molecule has 0 fully saturated rings. The van der Waals surface area contributed by atoms with E-state index in [0.717, 1.165) is 6.42 Å². The molecule has 0 aliphatic carbocycles. The van der Waals surface area contributed by atoms with Gasteiger partial charge in [-0.3, -0.25) is 0 Å². The third-order valence-corrected chi connectivity index (χ3v) is 0.948. The summed E-state index contributed by atoms with van der Waals surface area (Å²) in [6.45, 7) is 5.38. The van der Waals surface area contributed by atoms with Gasteiger partial charge >= 0.3 is 0 Å². The summed E-state index contributed by atoms with van der Waals surface area (Å²) in [5.41, 5.74) is 0. The Bertz CT molecular complexity index is 57.5. The van der Waals surface area contributed by atoms with Gasteiger partial charge in [-0.05, 0) is 6.42 Å². The van der Waals surface area contributed by atoms with Crippen LogP contribution < -0.4 is 0 Å². The highest BCUT2D eigenvalue weighted by Crippen LogP contribution is 1.94. The van der Waals surface area contributed by atoms with Crippen LogP contribution in [0.4, 0.5) is 0 Å². The lowest BCUT2D eigenvalue weighted by molar-refractivity contribution is 0.0755. The van der Waals surface area contributed by atoms with E-state index in [9.17, 15) is 0 Å². The summed E-state index contributed by atoms with van der Waals surface area (Å²) in [7, 11) is 0. The van der Waals surface area contributed by atoms with Crippen LogP contribution in [0, 0.1) is 0 Å². The van der Waals surface area contributed by atoms with E-state index < -0.39 is 0 Å². The highest BCUT2D eigenvalue weighted by atomic mass is 16.5. The molecule has 0 aliphatic rings. The molecule has 0 heterocycles. The summed E-state index contributed by atoms with van der Waals surface area (Å²) in [5.74, 6) is 0. The summed E-state index contributed by atoms with van der Waals surface area (Å²) in [4.78, 5) is 0. The number of aliphatic hydroxyl groups is 1. The van der Waals surface area contributed by atoms with Gasteiger partial charge in [-0.2, -0.15) is 0 Å². The Kier molecular flexibility index (Phi) is 4.36. The largest absolute Gasteiger partial charge is 0.496 e. The van der Waals surface area contributed by atoms with Crippen LogP contribution in [0.25, 0.3) is 0 Å². The SMILES string of the molecule is C=COC(CC)CO. The van der Waals surface area contributed by atoms with Crippen LogP contribution in [0.5, 0.6) is 0 Å². The minimum absolute atomic E-state index is 0.0625. The first kappa shape index (κ1) is 7.50. The van der Waals surface area contributed by atoms with Crippen molar-refractivity contribution in [2.45, 2.75) is 19.4 Å². The van der Waals surface area contributed by atoms with Gasteiger partial charge in [-0.25, -0.2) is 0 Å². The van der Waals surface area contributed by atoms with E-state index in [1.807, 2.05) is 6.92 Å². The molecule has 0 bridgehead atoms. The van der Waals surface area contributed by atoms with Gasteiger partial charge in [0.05, 0.1) is 12.9 Å². The molecule has 1 N–H and O–H groups in total. The highest BCUT2D eigenvalue weighted by molar-refractivity contribution is 4.57. The number of aliphatic hydroxyl groups excluding tert-OH is 1. The van der Waals surface area contributed by atoms with Gasteiger partial charge in [-0.1, -0.05) is 13.5 Å². The van der Waals surface area contributed by atoms with Crippen molar-refractivity contribution in [2.75, 3.05) is 6.61 Å². The van der Waals surface area contributed by atoms with Gasteiger partial charge in [-0.15, -0.1) is 0 Å². The Morgan fingerprint density at radius 2 is 2.50 bits per heavy atom. The van der Waals surface area contributed by atoms with Crippen molar-refractivity contribution in [3.8, 4) is 0 Å². The first-order valence-electron chi connectivity index (χ1n) is 2.72. The lowest BCUT2D eigenvalue weighted by atomic mass is 10.3. The third-order valence-electron chi connectivity index (χ3n) is 0.948. The van der Waals surface area contributed by atoms with Crippen molar-refractivity contribution >= 4 is 0 Å². The molecule has 0 aliphatic heterocycles. The fourth-order valence-corrected chi connectivity index (χ4v) is 0.404. The third kappa shape index (κ3) is 2.64. The number of rotatable bonds is 4. The molecule has 0 aromatic carbocycles. The predicted molar refractivity (Wildman–Crippen MR) is 32.4 cm³/mol. The molecule has 2 heteroatoms. The molecule has 1 atom stereocenters. The molecule has 0 spiro atoms. The Morgan fingerprint density at radius 1 is 1.88 bits per heavy atom. The first-order valence-corrected chi connectivity index (χ1v) is 2.72. The Hall–Kier alpha value is -0.500. The van der Waals surface area contributed by atoms with Crippen molar-refractivity contribution < 1.29 is 9.84 Å². The maximum Gasteiger partial charge on any atom is 0.120 e. The molecule has 0 radical (unpaired) electrons. The second-order valence-corrected chi connectivity index (χ2v) is 1.52.